The van der Waals surface area contributed by atoms with Crippen LogP contribution in [0.2, 0.25) is 0 Å². The lowest BCUT2D eigenvalue weighted by Crippen LogP contribution is -2.47. The molecule has 0 bridgehead atoms. The molecule has 0 unspecified atom stereocenters. The summed E-state index contributed by atoms with van der Waals surface area (Å²) in [6.45, 7) is 12.3. The Bertz CT molecular complexity index is 644. The van der Waals surface area contributed by atoms with E-state index in [1.807, 2.05) is 13.1 Å². The van der Waals surface area contributed by atoms with Crippen LogP contribution in [0.5, 0.6) is 0 Å². The molecule has 118 valence electrons. The highest BCUT2D eigenvalue weighted by Gasteiger charge is 2.21. The second-order valence-electron chi connectivity index (χ2n) is 6.12. The normalized spacial score (nSPS) is 15.7. The van der Waals surface area contributed by atoms with Crippen molar-refractivity contribution < 1.29 is 0 Å². The molecule has 1 aliphatic rings. The van der Waals surface area contributed by atoms with Gasteiger partial charge in [0.1, 0.15) is 0 Å². The van der Waals surface area contributed by atoms with Crippen molar-refractivity contribution in [2.75, 3.05) is 36.0 Å². The first-order valence-corrected chi connectivity index (χ1v) is 8.62. The van der Waals surface area contributed by atoms with Gasteiger partial charge in [0.25, 0.3) is 0 Å². The molecule has 0 amide bonds. The maximum Gasteiger partial charge on any atom is 0.225 e. The van der Waals surface area contributed by atoms with E-state index in [4.69, 9.17) is 4.98 Å². The fraction of sp³-hybridized carbons (Fsp3) is 0.562. The van der Waals surface area contributed by atoms with Crippen LogP contribution in [0, 0.1) is 13.8 Å². The van der Waals surface area contributed by atoms with Crippen LogP contribution in [0.3, 0.4) is 0 Å². The maximum absolute atomic E-state index is 4.74. The predicted octanol–water partition coefficient (Wildman–Crippen LogP) is 3.00. The van der Waals surface area contributed by atoms with Gasteiger partial charge in [-0.05, 0) is 25.8 Å². The van der Waals surface area contributed by atoms with E-state index in [0.717, 1.165) is 48.6 Å². The molecule has 2 aromatic rings. The third-order valence-corrected chi connectivity index (χ3v) is 4.87. The highest BCUT2D eigenvalue weighted by Crippen LogP contribution is 2.24. The molecule has 0 aromatic carbocycles. The highest BCUT2D eigenvalue weighted by atomic mass is 32.1. The van der Waals surface area contributed by atoms with Crippen LogP contribution in [0.15, 0.2) is 12.3 Å². The van der Waals surface area contributed by atoms with Crippen molar-refractivity contribution in [3.8, 4) is 0 Å². The Balaban J connectivity index is 1.71. The van der Waals surface area contributed by atoms with Gasteiger partial charge < -0.3 is 9.80 Å². The van der Waals surface area contributed by atoms with E-state index in [2.05, 4.69) is 46.6 Å². The molecule has 1 fully saturated rings. The van der Waals surface area contributed by atoms with Crippen LogP contribution >= 0.6 is 11.3 Å². The number of hydrogen-bond acceptors (Lipinski definition) is 6. The van der Waals surface area contributed by atoms with Gasteiger partial charge in [0.05, 0.1) is 0 Å². The van der Waals surface area contributed by atoms with E-state index >= 15 is 0 Å². The van der Waals surface area contributed by atoms with Crippen molar-refractivity contribution in [1.82, 2.24) is 15.0 Å². The molecule has 0 N–H and O–H groups in total. The molecule has 1 aliphatic heterocycles. The number of piperazine rings is 1. The first-order chi connectivity index (χ1) is 10.5. The standard InChI is InChI=1S/C16H23N5S/c1-11(2)14-9-12(3)18-15(19-14)20-5-7-21(8-6-20)16-17-10-13(4)22-16/h9-11H,5-8H2,1-4H3. The Morgan fingerprint density at radius 2 is 1.73 bits per heavy atom. The largest absolute Gasteiger partial charge is 0.345 e. The number of aryl methyl sites for hydroxylation is 2. The van der Waals surface area contributed by atoms with Crippen LogP contribution in [0.1, 0.15) is 36.0 Å². The third kappa shape index (κ3) is 3.21. The van der Waals surface area contributed by atoms with Crippen LogP contribution in [-0.4, -0.2) is 41.1 Å². The lowest BCUT2D eigenvalue weighted by Gasteiger charge is -2.34. The number of aromatic nitrogens is 3. The molecule has 0 spiro atoms. The Morgan fingerprint density at radius 3 is 2.32 bits per heavy atom. The second-order valence-corrected chi connectivity index (χ2v) is 7.33. The lowest BCUT2D eigenvalue weighted by atomic mass is 10.1. The van der Waals surface area contributed by atoms with Crippen molar-refractivity contribution in [2.24, 2.45) is 0 Å². The van der Waals surface area contributed by atoms with E-state index < -0.39 is 0 Å². The summed E-state index contributed by atoms with van der Waals surface area (Å²) in [5.74, 6) is 1.30. The number of thiazole rings is 1. The van der Waals surface area contributed by atoms with Gasteiger partial charge >= 0.3 is 0 Å². The minimum atomic E-state index is 0.431. The Morgan fingerprint density at radius 1 is 1.05 bits per heavy atom. The molecule has 1 saturated heterocycles. The van der Waals surface area contributed by atoms with Gasteiger partial charge in [-0.1, -0.05) is 13.8 Å². The van der Waals surface area contributed by atoms with E-state index in [0.29, 0.717) is 5.92 Å². The van der Waals surface area contributed by atoms with Gasteiger partial charge in [0, 0.05) is 48.6 Å². The van der Waals surface area contributed by atoms with Gasteiger partial charge in [-0.15, -0.1) is 11.3 Å². The summed E-state index contributed by atoms with van der Waals surface area (Å²) in [6, 6.07) is 2.09. The molecule has 5 nitrogen and oxygen atoms in total. The molecule has 2 aromatic heterocycles. The molecule has 0 saturated carbocycles. The summed E-state index contributed by atoms with van der Waals surface area (Å²) in [7, 11) is 0. The summed E-state index contributed by atoms with van der Waals surface area (Å²) < 4.78 is 0. The topological polar surface area (TPSA) is 45.2 Å². The number of hydrogen-bond donors (Lipinski definition) is 0. The van der Waals surface area contributed by atoms with Gasteiger partial charge in [-0.3, -0.25) is 0 Å². The average molecular weight is 317 g/mol. The molecular weight excluding hydrogens is 294 g/mol. The Hall–Kier alpha value is -1.69. The van der Waals surface area contributed by atoms with Crippen molar-refractivity contribution in [3.05, 3.63) is 28.5 Å². The number of rotatable bonds is 3. The molecule has 0 radical (unpaired) electrons. The fourth-order valence-corrected chi connectivity index (χ4v) is 3.41. The lowest BCUT2D eigenvalue weighted by molar-refractivity contribution is 0.634. The highest BCUT2D eigenvalue weighted by molar-refractivity contribution is 7.15. The SMILES string of the molecule is Cc1cc(C(C)C)nc(N2CCN(c3ncc(C)s3)CC2)n1. The summed E-state index contributed by atoms with van der Waals surface area (Å²) in [5, 5.41) is 1.13. The van der Waals surface area contributed by atoms with Crippen LogP contribution in [0.4, 0.5) is 11.1 Å². The summed E-state index contributed by atoms with van der Waals surface area (Å²) in [6.07, 6.45) is 1.95. The van der Waals surface area contributed by atoms with Gasteiger partial charge in [0.2, 0.25) is 5.95 Å². The van der Waals surface area contributed by atoms with Crippen LogP contribution in [0.25, 0.3) is 0 Å². The van der Waals surface area contributed by atoms with Crippen LogP contribution < -0.4 is 9.80 Å². The number of anilines is 2. The molecule has 22 heavy (non-hydrogen) atoms. The zero-order valence-corrected chi connectivity index (χ0v) is 14.5. The van der Waals surface area contributed by atoms with E-state index in [1.165, 1.54) is 4.88 Å². The zero-order valence-electron chi connectivity index (χ0n) is 13.7. The fourth-order valence-electron chi connectivity index (χ4n) is 2.60. The monoisotopic (exact) mass is 317 g/mol. The number of nitrogens with zero attached hydrogens (tertiary/aromatic N) is 5. The minimum absolute atomic E-state index is 0.431. The first-order valence-electron chi connectivity index (χ1n) is 7.81. The quantitative estimate of drug-likeness (QED) is 0.871. The summed E-state index contributed by atoms with van der Waals surface area (Å²) in [5.41, 5.74) is 2.17. The second kappa shape index (κ2) is 6.20. The molecule has 0 aliphatic carbocycles. The zero-order chi connectivity index (χ0) is 15.7. The van der Waals surface area contributed by atoms with Crippen molar-refractivity contribution in [3.63, 3.8) is 0 Å². The van der Waals surface area contributed by atoms with Gasteiger partial charge in [0.15, 0.2) is 5.13 Å². The van der Waals surface area contributed by atoms with E-state index in [-0.39, 0.29) is 0 Å². The van der Waals surface area contributed by atoms with E-state index in [1.54, 1.807) is 11.3 Å². The van der Waals surface area contributed by atoms with Crippen LogP contribution in [-0.2, 0) is 0 Å². The van der Waals surface area contributed by atoms with Crippen molar-refractivity contribution in [2.45, 2.75) is 33.6 Å². The molecule has 3 heterocycles. The first kappa shape index (κ1) is 15.2. The molecule has 3 rings (SSSR count). The maximum atomic E-state index is 4.74. The molecule has 0 atom stereocenters. The Kier molecular flexibility index (Phi) is 4.29. The predicted molar refractivity (Wildman–Crippen MR) is 92.1 cm³/mol. The molecular formula is C16H23N5S. The smallest absolute Gasteiger partial charge is 0.225 e. The molecule has 6 heteroatoms. The average Bonchev–Trinajstić information content (AvgIpc) is 2.93. The minimum Gasteiger partial charge on any atom is -0.345 e. The van der Waals surface area contributed by atoms with Crippen molar-refractivity contribution in [1.29, 1.82) is 0 Å². The summed E-state index contributed by atoms with van der Waals surface area (Å²) in [4.78, 5) is 19.8. The van der Waals surface area contributed by atoms with Gasteiger partial charge in [-0.2, -0.15) is 0 Å². The Labute approximate surface area is 136 Å². The van der Waals surface area contributed by atoms with E-state index in [9.17, 15) is 0 Å². The van der Waals surface area contributed by atoms with Gasteiger partial charge in [-0.25, -0.2) is 15.0 Å². The third-order valence-electron chi connectivity index (χ3n) is 3.90. The summed E-state index contributed by atoms with van der Waals surface area (Å²) >= 11 is 1.77. The van der Waals surface area contributed by atoms with Crippen molar-refractivity contribution >= 4 is 22.4 Å².